The van der Waals surface area contributed by atoms with Crippen LogP contribution in [0.2, 0.25) is 0 Å². The molecule has 0 N–H and O–H groups in total. The fourth-order valence-corrected chi connectivity index (χ4v) is 3.66. The topological polar surface area (TPSA) is 49.7 Å². The molecule has 0 spiro atoms. The number of nitrogens with zero attached hydrogens (tertiary/aromatic N) is 2. The molecule has 4 nitrogen and oxygen atoms in total. The molecule has 100 valence electrons. The van der Waals surface area contributed by atoms with Crippen LogP contribution in [0.4, 0.5) is 0 Å². The van der Waals surface area contributed by atoms with Gasteiger partial charge in [-0.25, -0.2) is 0 Å². The molecule has 1 aromatic rings. The second-order valence-corrected chi connectivity index (χ2v) is 5.64. The molecule has 0 radical (unpaired) electrons. The number of amides is 2. The van der Waals surface area contributed by atoms with Crippen molar-refractivity contribution >= 4 is 18.0 Å². The van der Waals surface area contributed by atoms with Crippen LogP contribution in [0.3, 0.4) is 0 Å². The van der Waals surface area contributed by atoms with Crippen molar-refractivity contribution in [1.82, 2.24) is 5.01 Å². The number of hydrogen-bond acceptors (Lipinski definition) is 3. The van der Waals surface area contributed by atoms with E-state index in [0.717, 1.165) is 17.0 Å². The Bertz CT molecular complexity index is 605. The van der Waals surface area contributed by atoms with Gasteiger partial charge >= 0.3 is 0 Å². The predicted molar refractivity (Wildman–Crippen MR) is 73.6 cm³/mol. The van der Waals surface area contributed by atoms with Gasteiger partial charge in [0.2, 0.25) is 0 Å². The molecule has 2 bridgehead atoms. The van der Waals surface area contributed by atoms with Gasteiger partial charge in [-0.05, 0) is 23.8 Å². The molecule has 1 aliphatic heterocycles. The quantitative estimate of drug-likeness (QED) is 0.466. The molecule has 3 aliphatic rings. The minimum absolute atomic E-state index is 0.135. The Kier molecular flexibility index (Phi) is 2.39. The third-order valence-corrected chi connectivity index (χ3v) is 4.57. The number of allylic oxidation sites excluding steroid dienone is 2. The van der Waals surface area contributed by atoms with Crippen LogP contribution in [0.5, 0.6) is 0 Å². The third-order valence-electron chi connectivity index (χ3n) is 4.57. The molecule has 1 saturated heterocycles. The first-order valence-electron chi connectivity index (χ1n) is 6.91. The van der Waals surface area contributed by atoms with E-state index < -0.39 is 0 Å². The zero-order chi connectivity index (χ0) is 13.7. The summed E-state index contributed by atoms with van der Waals surface area (Å²) in [6.07, 6.45) is 6.69. The van der Waals surface area contributed by atoms with Crippen LogP contribution in [-0.4, -0.2) is 23.0 Å². The summed E-state index contributed by atoms with van der Waals surface area (Å²) in [5.41, 5.74) is 0.881. The first-order chi connectivity index (χ1) is 9.75. The van der Waals surface area contributed by atoms with Gasteiger partial charge in [-0.15, -0.1) is 0 Å². The van der Waals surface area contributed by atoms with E-state index in [2.05, 4.69) is 17.3 Å². The number of carbonyl (C=O) groups is 2. The molecule has 1 aromatic carbocycles. The van der Waals surface area contributed by atoms with Crippen molar-refractivity contribution in [3.8, 4) is 0 Å². The lowest BCUT2D eigenvalue weighted by molar-refractivity contribution is -0.140. The van der Waals surface area contributed by atoms with E-state index in [4.69, 9.17) is 0 Å². The SMILES string of the molecule is O=C1[C@@H]2[C@@H](C(=O)N1/N=C\c1ccccc1)[C@H]1C=C[C@H]2C1. The number of carbonyl (C=O) groups excluding carboxylic acids is 2. The molecule has 0 aromatic heterocycles. The Morgan fingerprint density at radius 1 is 1.00 bits per heavy atom. The van der Waals surface area contributed by atoms with Gasteiger partial charge < -0.3 is 0 Å². The molecule has 4 heteroatoms. The maximum Gasteiger partial charge on any atom is 0.254 e. The number of benzene rings is 1. The van der Waals surface area contributed by atoms with E-state index in [1.807, 2.05) is 30.3 Å². The summed E-state index contributed by atoms with van der Waals surface area (Å²) in [7, 11) is 0. The highest BCUT2D eigenvalue weighted by Gasteiger charge is 2.59. The predicted octanol–water partition coefficient (Wildman–Crippen LogP) is 1.83. The number of rotatable bonds is 2. The summed E-state index contributed by atoms with van der Waals surface area (Å²) in [6.45, 7) is 0. The molecule has 2 fully saturated rings. The maximum absolute atomic E-state index is 12.4. The smallest absolute Gasteiger partial charge is 0.254 e. The largest absolute Gasteiger partial charge is 0.272 e. The summed E-state index contributed by atoms with van der Waals surface area (Å²) in [5, 5.41) is 5.19. The number of hydrogen-bond donors (Lipinski definition) is 0. The zero-order valence-electron chi connectivity index (χ0n) is 10.8. The lowest BCUT2D eigenvalue weighted by Gasteiger charge is -2.13. The van der Waals surface area contributed by atoms with Crippen LogP contribution in [0.15, 0.2) is 47.6 Å². The van der Waals surface area contributed by atoms with Gasteiger partial charge in [0.05, 0.1) is 18.1 Å². The highest BCUT2D eigenvalue weighted by Crippen LogP contribution is 2.52. The highest BCUT2D eigenvalue weighted by molar-refractivity contribution is 6.06. The molecule has 4 atom stereocenters. The van der Waals surface area contributed by atoms with Crippen LogP contribution in [0.1, 0.15) is 12.0 Å². The summed E-state index contributed by atoms with van der Waals surface area (Å²) < 4.78 is 0. The normalized spacial score (nSPS) is 34.5. The van der Waals surface area contributed by atoms with Crippen LogP contribution >= 0.6 is 0 Å². The fraction of sp³-hybridized carbons (Fsp3) is 0.312. The van der Waals surface area contributed by atoms with Crippen molar-refractivity contribution in [3.05, 3.63) is 48.0 Å². The minimum Gasteiger partial charge on any atom is -0.272 e. The highest BCUT2D eigenvalue weighted by atomic mass is 16.2. The third kappa shape index (κ3) is 1.51. The summed E-state index contributed by atoms with van der Waals surface area (Å²) in [4.78, 5) is 24.7. The monoisotopic (exact) mass is 266 g/mol. The summed E-state index contributed by atoms with van der Waals surface area (Å²) in [5.74, 6) is -0.152. The molecule has 2 aliphatic carbocycles. The molecule has 1 heterocycles. The molecule has 0 unspecified atom stereocenters. The average molecular weight is 266 g/mol. The number of imide groups is 1. The molecule has 1 saturated carbocycles. The molecular weight excluding hydrogens is 252 g/mol. The van der Waals surface area contributed by atoms with Crippen molar-refractivity contribution in [2.45, 2.75) is 6.42 Å². The van der Waals surface area contributed by atoms with Crippen LogP contribution in [0, 0.1) is 23.7 Å². The van der Waals surface area contributed by atoms with Crippen molar-refractivity contribution in [1.29, 1.82) is 0 Å². The van der Waals surface area contributed by atoms with Crippen molar-refractivity contribution < 1.29 is 9.59 Å². The van der Waals surface area contributed by atoms with Crippen LogP contribution < -0.4 is 0 Å². The van der Waals surface area contributed by atoms with E-state index in [9.17, 15) is 9.59 Å². The van der Waals surface area contributed by atoms with Gasteiger partial charge in [0.1, 0.15) is 0 Å². The Morgan fingerprint density at radius 3 is 2.20 bits per heavy atom. The van der Waals surface area contributed by atoms with Gasteiger partial charge in [0.15, 0.2) is 0 Å². The van der Waals surface area contributed by atoms with E-state index >= 15 is 0 Å². The summed E-state index contributed by atoms with van der Waals surface area (Å²) >= 11 is 0. The first-order valence-corrected chi connectivity index (χ1v) is 6.91. The Hall–Kier alpha value is -2.23. The maximum atomic E-state index is 12.4. The van der Waals surface area contributed by atoms with Crippen LogP contribution in [-0.2, 0) is 9.59 Å². The molecule has 4 rings (SSSR count). The summed E-state index contributed by atoms with van der Waals surface area (Å²) in [6, 6.07) is 9.49. The Labute approximate surface area is 116 Å². The standard InChI is InChI=1S/C16H14N2O2/c19-15-13-11-6-7-12(8-11)14(13)16(20)18(15)17-9-10-4-2-1-3-5-10/h1-7,9,11-14H,8H2/b17-9-/t11-,12-,13-,14-/m0/s1. The van der Waals surface area contributed by atoms with Gasteiger partial charge in [-0.1, -0.05) is 42.5 Å². The van der Waals surface area contributed by atoms with E-state index in [-0.39, 0.29) is 35.5 Å². The van der Waals surface area contributed by atoms with Gasteiger partial charge in [0.25, 0.3) is 11.8 Å². The Balaban J connectivity index is 1.61. The fourth-order valence-electron chi connectivity index (χ4n) is 3.66. The van der Waals surface area contributed by atoms with Gasteiger partial charge in [-0.2, -0.15) is 10.1 Å². The molecule has 2 amide bonds. The van der Waals surface area contributed by atoms with Gasteiger partial charge in [-0.3, -0.25) is 9.59 Å². The van der Waals surface area contributed by atoms with E-state index in [0.29, 0.717) is 0 Å². The first kappa shape index (κ1) is 11.6. The average Bonchev–Trinajstić information content (AvgIpc) is 3.13. The van der Waals surface area contributed by atoms with Crippen molar-refractivity contribution in [2.75, 3.05) is 0 Å². The number of fused-ring (bicyclic) bond motifs is 5. The minimum atomic E-state index is -0.176. The second-order valence-electron chi connectivity index (χ2n) is 5.64. The van der Waals surface area contributed by atoms with Crippen molar-refractivity contribution in [3.63, 3.8) is 0 Å². The lowest BCUT2D eigenvalue weighted by atomic mass is 9.85. The zero-order valence-corrected chi connectivity index (χ0v) is 10.8. The van der Waals surface area contributed by atoms with E-state index in [1.165, 1.54) is 0 Å². The van der Waals surface area contributed by atoms with E-state index in [1.54, 1.807) is 6.21 Å². The van der Waals surface area contributed by atoms with Crippen LogP contribution in [0.25, 0.3) is 0 Å². The second kappa shape index (κ2) is 4.13. The Morgan fingerprint density at radius 2 is 1.60 bits per heavy atom. The molecular formula is C16H14N2O2. The van der Waals surface area contributed by atoms with Gasteiger partial charge in [0, 0.05) is 0 Å². The lowest BCUT2D eigenvalue weighted by Crippen LogP contribution is -2.28. The number of hydrazone groups is 1. The van der Waals surface area contributed by atoms with Crippen molar-refractivity contribution in [2.24, 2.45) is 28.8 Å². The molecule has 20 heavy (non-hydrogen) atoms.